The number of carboxylic acids is 2. The van der Waals surface area contributed by atoms with Crippen molar-refractivity contribution in [3.8, 4) is 0 Å². The number of ether oxygens (including phenoxy) is 1. The van der Waals surface area contributed by atoms with Crippen LogP contribution in [-0.2, 0) is 67.1 Å². The number of allylic oxidation sites excluding steroid dienone is 6. The second kappa shape index (κ2) is 35.3. The molecule has 0 spiro atoms. The van der Waals surface area contributed by atoms with Gasteiger partial charge in [-0.1, -0.05) is 73.1 Å². The molecule has 1 unspecified atom stereocenters. The Morgan fingerprint density at radius 3 is 1.54 bits per heavy atom. The summed E-state index contributed by atoms with van der Waals surface area (Å²) in [5, 5.41) is 35.5. The molecule has 19 nitrogen and oxygen atoms in total. The first-order chi connectivity index (χ1) is 44.2. The molecule has 9 fully saturated rings. The van der Waals surface area contributed by atoms with Crippen LogP contribution in [-0.4, -0.2) is 129 Å². The summed E-state index contributed by atoms with van der Waals surface area (Å²) in [7, 11) is 1.79. The van der Waals surface area contributed by atoms with Crippen LogP contribution in [0.3, 0.4) is 0 Å². The second-order valence-electron chi connectivity index (χ2n) is 30.2. The fraction of sp³-hybridized carbons (Fsp3) is 0.711. The van der Waals surface area contributed by atoms with Gasteiger partial charge in [-0.05, 0) is 204 Å². The molecular formula is C76H108MgO19. The Labute approximate surface area is 584 Å². The molecule has 12 atom stereocenters. The third kappa shape index (κ3) is 19.2. The number of Topliss-reactive ketones (excluding diaryl/α,β-unsaturated/α-hetero) is 9. The molecule has 12 aliphatic rings. The molecule has 96 heavy (non-hydrogen) atoms. The van der Waals surface area contributed by atoms with Gasteiger partial charge in [0.15, 0.2) is 23.1 Å². The molecule has 0 aromatic carbocycles. The first-order valence-corrected chi connectivity index (χ1v) is 34.5. The summed E-state index contributed by atoms with van der Waals surface area (Å²) in [6.07, 6.45) is 22.0. The van der Waals surface area contributed by atoms with Crippen molar-refractivity contribution < 1.29 is 92.3 Å². The van der Waals surface area contributed by atoms with E-state index in [0.29, 0.717) is 110 Å². The van der Waals surface area contributed by atoms with Crippen LogP contribution in [0.1, 0.15) is 250 Å². The van der Waals surface area contributed by atoms with E-state index in [4.69, 9.17) is 25.2 Å². The molecular weight excluding hydrogens is 1240 g/mol. The topological polar surface area (TPSA) is 335 Å². The Bertz CT molecular complexity index is 3090. The largest absolute Gasteiger partial charge is 2.00 e. The molecule has 0 bridgehead atoms. The van der Waals surface area contributed by atoms with E-state index < -0.39 is 29.4 Å². The number of methoxy groups -OCH3 is 1. The monoisotopic (exact) mass is 1350 g/mol. The number of rotatable bonds is 5. The summed E-state index contributed by atoms with van der Waals surface area (Å²) in [6, 6.07) is 0. The summed E-state index contributed by atoms with van der Waals surface area (Å²) in [5.41, 5.74) is 4.07. The Morgan fingerprint density at radius 2 is 1.02 bits per heavy atom. The number of fused-ring (bicyclic) bond motifs is 5. The van der Waals surface area contributed by atoms with E-state index in [1.54, 1.807) is 19.9 Å². The summed E-state index contributed by atoms with van der Waals surface area (Å²) in [5.74, 6) is 1.37. The number of carboxylic acid groups (broad SMARTS) is 3. The van der Waals surface area contributed by atoms with Crippen molar-refractivity contribution in [2.75, 3.05) is 14.2 Å². The summed E-state index contributed by atoms with van der Waals surface area (Å²) < 4.78 is 3.56. The van der Waals surface area contributed by atoms with Crippen molar-refractivity contribution in [3.63, 3.8) is 0 Å². The molecule has 0 aromatic heterocycles. The average Bonchev–Trinajstić information content (AvgIpc) is 1.51. The minimum Gasteiger partial charge on any atom is -0.857 e. The van der Waals surface area contributed by atoms with Gasteiger partial charge in [0, 0.05) is 83.2 Å². The predicted molar refractivity (Wildman–Crippen MR) is 357 cm³/mol. The Morgan fingerprint density at radius 1 is 0.542 bits per heavy atom. The number of carbonyl (C=O) groups is 14. The molecule has 0 radical (unpaired) electrons. The summed E-state index contributed by atoms with van der Waals surface area (Å²) in [4.78, 5) is 154. The fourth-order valence-electron chi connectivity index (χ4n) is 16.9. The molecule has 528 valence electrons. The molecule has 0 heterocycles. The van der Waals surface area contributed by atoms with Crippen LogP contribution in [0.2, 0.25) is 0 Å². The first kappa shape index (κ1) is 84.5. The van der Waals surface area contributed by atoms with Crippen LogP contribution in [0.5, 0.6) is 0 Å². The van der Waals surface area contributed by atoms with Crippen molar-refractivity contribution in [1.29, 1.82) is 0 Å². The Kier molecular flexibility index (Phi) is 31.1. The minimum atomic E-state index is -1.50. The summed E-state index contributed by atoms with van der Waals surface area (Å²) in [6.45, 7) is 28.7. The van der Waals surface area contributed by atoms with Gasteiger partial charge in [0.1, 0.15) is 52.0 Å². The SMILES string of the molecule is C=C1C(=O)CC[C@@]2(C)[C@H](C)CC[C@H]12.CC(=O)CCC1(C)C(=O)CCC1=O.CC1C(=O)CCC1=O.COC(=O)[O-].C[C@@H]1CCC2=C(C(=O)O)C(=O)CC[C@]21C.C[C@@H]1CCC2=CC(=O)CC[C@]21C.C[C@@H]1CC[C@@H]2C(C(=O)O)C(=O)CC[C@@]12C.C[C@@]12CCC(=O)C=C1CCC2=O.C[O-].[Mg+2]. The zero-order valence-electron chi connectivity index (χ0n) is 59.9. The van der Waals surface area contributed by atoms with Gasteiger partial charge >= 0.3 is 35.0 Å². The van der Waals surface area contributed by atoms with Crippen LogP contribution in [0.4, 0.5) is 4.79 Å². The van der Waals surface area contributed by atoms with E-state index in [-0.39, 0.29) is 103 Å². The summed E-state index contributed by atoms with van der Waals surface area (Å²) >= 11 is 0. The maximum absolute atomic E-state index is 11.6. The molecule has 0 aliphatic heterocycles. The van der Waals surface area contributed by atoms with Gasteiger partial charge in [-0.25, -0.2) is 4.79 Å². The second-order valence-corrected chi connectivity index (χ2v) is 30.2. The van der Waals surface area contributed by atoms with Crippen molar-refractivity contribution in [1.82, 2.24) is 0 Å². The van der Waals surface area contributed by atoms with Crippen molar-refractivity contribution >= 4 is 105 Å². The number of carbonyl (C=O) groups excluding carboxylic acids is 12. The van der Waals surface area contributed by atoms with Crippen LogP contribution in [0.15, 0.2) is 46.6 Å². The van der Waals surface area contributed by atoms with Crippen LogP contribution < -0.4 is 10.2 Å². The maximum Gasteiger partial charge on any atom is 2.00 e. The van der Waals surface area contributed by atoms with Crippen molar-refractivity contribution in [3.05, 3.63) is 46.6 Å². The van der Waals surface area contributed by atoms with Gasteiger partial charge in [0.05, 0.1) is 11.3 Å². The number of hydrogen-bond donors (Lipinski definition) is 2. The van der Waals surface area contributed by atoms with Crippen LogP contribution in [0, 0.1) is 79.8 Å². The van der Waals surface area contributed by atoms with Gasteiger partial charge < -0.3 is 34.8 Å². The molecule has 0 aromatic rings. The van der Waals surface area contributed by atoms with Gasteiger partial charge in [-0.15, -0.1) is 0 Å². The minimum absolute atomic E-state index is 0. The van der Waals surface area contributed by atoms with Gasteiger partial charge in [-0.3, -0.25) is 52.7 Å². The zero-order chi connectivity index (χ0) is 72.1. The standard InChI is InChI=1S/C12H18O3.C12H16O3.C12H18O.C11H16O.C10H14O3.C10H12O2.C6H8O2.C2H4O3.CH3O.Mg/c2*1-7-3-4-8-10(11(14)15)9(13)5-6-12(7,8)2;1-8-4-5-10-9(2)11(13)6-7-12(8,10)3;1-8-3-4-9-7-10(12)5-6-11(8,9)2;1-7(11)5-6-10(2)8(12)3-4-9(10)13;1-10-5-4-8(11)6-7(10)2-3-9(10)12;1-4-5(7)2-3-6(4)8;1-5-2(3)4;1-2;/h7-8,10H,3-6H2,1-2H3,(H,14,15);7H,3-6H2,1-2H3,(H,14,15);8,10H,2,4-7H2,1,3H3;7-8H,3-6H2,1-2H3;3-6H2,1-2H3;6H,2-5H2,1H3;4H,2-3H2,1H3;1H3,(H,3,4);1H3;/q;;;;;;;;-1;+2/p-1/t7-,8-,10?,12+;7-,12+;8-,10-,12+;8-,11+;;10-;;;;/m1111.1..../s1. The van der Waals surface area contributed by atoms with Crippen molar-refractivity contribution in [2.24, 2.45) is 79.8 Å². The predicted octanol–water partition coefficient (Wildman–Crippen LogP) is 11.0. The first-order valence-electron chi connectivity index (χ1n) is 34.5. The maximum atomic E-state index is 11.6. The smallest absolute Gasteiger partial charge is 0.857 e. The fourth-order valence-corrected chi connectivity index (χ4v) is 16.9. The van der Waals surface area contributed by atoms with E-state index in [9.17, 15) is 62.3 Å². The number of hydrogen-bond acceptors (Lipinski definition) is 17. The third-order valence-electron chi connectivity index (χ3n) is 25.1. The molecule has 0 saturated heterocycles. The van der Waals surface area contributed by atoms with Crippen molar-refractivity contribution in [2.45, 2.75) is 250 Å². The quantitative estimate of drug-likeness (QED) is 0.0849. The van der Waals surface area contributed by atoms with E-state index >= 15 is 0 Å². The molecule has 9 saturated carbocycles. The Hall–Kier alpha value is -5.73. The zero-order valence-corrected chi connectivity index (χ0v) is 61.3. The molecule has 12 aliphatic carbocycles. The molecule has 0 amide bonds. The van der Waals surface area contributed by atoms with Gasteiger partial charge in [0.25, 0.3) is 6.16 Å². The molecule has 20 heteroatoms. The number of ketones is 11. The van der Waals surface area contributed by atoms with Crippen LogP contribution >= 0.6 is 0 Å². The third-order valence-corrected chi connectivity index (χ3v) is 25.1. The van der Waals surface area contributed by atoms with E-state index in [1.165, 1.54) is 31.8 Å². The number of aliphatic carboxylic acids is 2. The van der Waals surface area contributed by atoms with E-state index in [2.05, 4.69) is 66.7 Å². The van der Waals surface area contributed by atoms with E-state index in [0.717, 1.165) is 126 Å². The average molecular weight is 1350 g/mol. The Balaban J connectivity index is 0.000000288. The molecule has 2 N–H and O–H groups in total. The molecule has 12 rings (SSSR count). The van der Waals surface area contributed by atoms with Crippen LogP contribution in [0.25, 0.3) is 0 Å². The normalized spacial score (nSPS) is 33.3. The van der Waals surface area contributed by atoms with E-state index in [1.807, 2.05) is 13.0 Å². The van der Waals surface area contributed by atoms with Gasteiger partial charge in [-0.2, -0.15) is 7.11 Å². The van der Waals surface area contributed by atoms with Gasteiger partial charge in [0.2, 0.25) is 0 Å².